The van der Waals surface area contributed by atoms with Gasteiger partial charge in [-0.25, -0.2) is 0 Å². The van der Waals surface area contributed by atoms with Crippen LogP contribution in [0, 0.1) is 0 Å². The molecule has 23 heavy (non-hydrogen) atoms. The molecular formula is C21H28N2. The average Bonchev–Trinajstić information content (AvgIpc) is 3.15. The zero-order valence-electron chi connectivity index (χ0n) is 14.2. The van der Waals surface area contributed by atoms with Gasteiger partial charge in [0.15, 0.2) is 0 Å². The quantitative estimate of drug-likeness (QED) is 0.826. The maximum atomic E-state index is 2.74. The molecule has 4 rings (SSSR count). The van der Waals surface area contributed by atoms with Crippen LogP contribution in [0.2, 0.25) is 0 Å². The summed E-state index contributed by atoms with van der Waals surface area (Å²) in [5, 5.41) is 2.79. The first-order valence-electron chi connectivity index (χ1n) is 9.29. The predicted molar refractivity (Wildman–Crippen MR) is 97.8 cm³/mol. The molecule has 2 heterocycles. The van der Waals surface area contributed by atoms with E-state index in [1.165, 1.54) is 68.2 Å². The van der Waals surface area contributed by atoms with Crippen molar-refractivity contribution < 1.29 is 0 Å². The fourth-order valence-electron chi connectivity index (χ4n) is 4.56. The molecule has 2 aliphatic heterocycles. The molecular weight excluding hydrogens is 280 g/mol. The van der Waals surface area contributed by atoms with Gasteiger partial charge in [-0.05, 0) is 62.0 Å². The number of nitrogens with zero attached hydrogens (tertiary/aromatic N) is 2. The second kappa shape index (κ2) is 6.62. The van der Waals surface area contributed by atoms with Crippen LogP contribution in [-0.2, 0) is 0 Å². The van der Waals surface area contributed by atoms with Crippen LogP contribution in [0.4, 0.5) is 0 Å². The van der Waals surface area contributed by atoms with Crippen molar-refractivity contribution in [1.82, 2.24) is 9.80 Å². The molecule has 0 amide bonds. The smallest absolute Gasteiger partial charge is 0.0326 e. The molecule has 2 aliphatic rings. The lowest BCUT2D eigenvalue weighted by molar-refractivity contribution is 0.102. The molecule has 0 radical (unpaired) electrons. The van der Waals surface area contributed by atoms with Crippen LogP contribution >= 0.6 is 0 Å². The van der Waals surface area contributed by atoms with Gasteiger partial charge in [-0.1, -0.05) is 42.5 Å². The van der Waals surface area contributed by atoms with E-state index in [1.54, 1.807) is 0 Å². The van der Waals surface area contributed by atoms with Crippen LogP contribution in [0.25, 0.3) is 10.8 Å². The van der Waals surface area contributed by atoms with Gasteiger partial charge in [0.2, 0.25) is 0 Å². The molecule has 0 aromatic heterocycles. The highest BCUT2D eigenvalue weighted by molar-refractivity contribution is 5.86. The predicted octanol–water partition coefficient (Wildman–Crippen LogP) is 4.46. The number of piperidine rings is 1. The molecule has 0 saturated carbocycles. The maximum Gasteiger partial charge on any atom is 0.0326 e. The SMILES string of the molecule is CC(c1cccc2ccccc12)N1CCC(N2CCCC2)CC1. The van der Waals surface area contributed by atoms with Gasteiger partial charge in [-0.2, -0.15) is 0 Å². The van der Waals surface area contributed by atoms with Crippen molar-refractivity contribution in [3.63, 3.8) is 0 Å². The van der Waals surface area contributed by atoms with Gasteiger partial charge >= 0.3 is 0 Å². The molecule has 2 aromatic rings. The van der Waals surface area contributed by atoms with Gasteiger partial charge in [0, 0.05) is 25.2 Å². The molecule has 0 aliphatic carbocycles. The van der Waals surface area contributed by atoms with Crippen LogP contribution in [0.15, 0.2) is 42.5 Å². The zero-order chi connectivity index (χ0) is 15.6. The number of hydrogen-bond donors (Lipinski definition) is 0. The fraction of sp³-hybridized carbons (Fsp3) is 0.524. The van der Waals surface area contributed by atoms with Crippen molar-refractivity contribution in [2.45, 2.75) is 44.7 Å². The lowest BCUT2D eigenvalue weighted by Crippen LogP contribution is -2.44. The molecule has 2 aromatic carbocycles. The van der Waals surface area contributed by atoms with Crippen LogP contribution in [0.3, 0.4) is 0 Å². The number of benzene rings is 2. The highest BCUT2D eigenvalue weighted by atomic mass is 15.2. The van der Waals surface area contributed by atoms with Crippen molar-refractivity contribution in [2.24, 2.45) is 0 Å². The summed E-state index contributed by atoms with van der Waals surface area (Å²) in [6.07, 6.45) is 5.50. The Kier molecular flexibility index (Phi) is 4.37. The van der Waals surface area contributed by atoms with Crippen LogP contribution < -0.4 is 0 Å². The first kappa shape index (κ1) is 15.2. The minimum Gasteiger partial charge on any atom is -0.300 e. The molecule has 1 atom stereocenters. The van der Waals surface area contributed by atoms with E-state index in [2.05, 4.69) is 59.2 Å². The second-order valence-electron chi connectivity index (χ2n) is 7.25. The number of likely N-dealkylation sites (tertiary alicyclic amines) is 2. The highest BCUT2D eigenvalue weighted by Gasteiger charge is 2.28. The van der Waals surface area contributed by atoms with E-state index in [4.69, 9.17) is 0 Å². The average molecular weight is 308 g/mol. The summed E-state index contributed by atoms with van der Waals surface area (Å²) in [5.41, 5.74) is 1.49. The highest BCUT2D eigenvalue weighted by Crippen LogP contribution is 2.31. The standard InChI is InChI=1S/C21H28N2/c1-17(20-10-6-8-18-7-2-3-9-21(18)20)22-15-11-19(12-16-22)23-13-4-5-14-23/h2-3,6-10,17,19H,4-5,11-16H2,1H3. The second-order valence-corrected chi connectivity index (χ2v) is 7.25. The minimum atomic E-state index is 0.514. The molecule has 0 N–H and O–H groups in total. The van der Waals surface area contributed by atoms with Crippen molar-refractivity contribution in [2.75, 3.05) is 26.2 Å². The Morgan fingerprint density at radius 3 is 2.35 bits per heavy atom. The molecule has 2 nitrogen and oxygen atoms in total. The summed E-state index contributed by atoms with van der Waals surface area (Å²) >= 11 is 0. The van der Waals surface area contributed by atoms with Gasteiger partial charge in [0.05, 0.1) is 0 Å². The third-order valence-electron chi connectivity index (χ3n) is 5.98. The third kappa shape index (κ3) is 3.02. The lowest BCUT2D eigenvalue weighted by Gasteiger charge is -2.39. The van der Waals surface area contributed by atoms with Gasteiger partial charge in [-0.3, -0.25) is 4.90 Å². The summed E-state index contributed by atoms with van der Waals surface area (Å²) in [6.45, 7) is 7.54. The van der Waals surface area contributed by atoms with Crippen molar-refractivity contribution in [3.8, 4) is 0 Å². The van der Waals surface area contributed by atoms with E-state index in [0.717, 1.165) is 6.04 Å². The molecule has 0 spiro atoms. The monoisotopic (exact) mass is 308 g/mol. The van der Waals surface area contributed by atoms with Crippen LogP contribution in [0.5, 0.6) is 0 Å². The zero-order valence-corrected chi connectivity index (χ0v) is 14.2. The van der Waals surface area contributed by atoms with Gasteiger partial charge in [-0.15, -0.1) is 0 Å². The van der Waals surface area contributed by atoms with Gasteiger partial charge in [0.25, 0.3) is 0 Å². The van der Waals surface area contributed by atoms with E-state index in [0.29, 0.717) is 6.04 Å². The maximum absolute atomic E-state index is 2.74. The molecule has 1 unspecified atom stereocenters. The first-order valence-corrected chi connectivity index (χ1v) is 9.29. The van der Waals surface area contributed by atoms with Crippen molar-refractivity contribution in [3.05, 3.63) is 48.0 Å². The van der Waals surface area contributed by atoms with Crippen LogP contribution in [-0.4, -0.2) is 42.0 Å². The first-order chi connectivity index (χ1) is 11.3. The number of rotatable bonds is 3. The topological polar surface area (TPSA) is 6.48 Å². The normalized spacial score (nSPS) is 22.7. The number of fused-ring (bicyclic) bond motifs is 1. The summed E-state index contributed by atoms with van der Waals surface area (Å²) in [4.78, 5) is 5.42. The molecule has 0 bridgehead atoms. The molecule has 122 valence electrons. The Hall–Kier alpha value is -1.38. The van der Waals surface area contributed by atoms with Crippen molar-refractivity contribution in [1.29, 1.82) is 0 Å². The van der Waals surface area contributed by atoms with Crippen molar-refractivity contribution >= 4 is 10.8 Å². The van der Waals surface area contributed by atoms with E-state index in [9.17, 15) is 0 Å². The largest absolute Gasteiger partial charge is 0.300 e. The summed E-state index contributed by atoms with van der Waals surface area (Å²) in [5.74, 6) is 0. The Morgan fingerprint density at radius 2 is 1.57 bits per heavy atom. The van der Waals surface area contributed by atoms with E-state index < -0.39 is 0 Å². The lowest BCUT2D eigenvalue weighted by atomic mass is 9.96. The Balaban J connectivity index is 1.48. The molecule has 2 heteroatoms. The van der Waals surface area contributed by atoms with E-state index >= 15 is 0 Å². The summed E-state index contributed by atoms with van der Waals surface area (Å²) < 4.78 is 0. The Bertz CT molecular complexity index is 646. The molecule has 2 saturated heterocycles. The fourth-order valence-corrected chi connectivity index (χ4v) is 4.56. The minimum absolute atomic E-state index is 0.514. The Morgan fingerprint density at radius 1 is 0.870 bits per heavy atom. The Labute approximate surface area is 140 Å². The summed E-state index contributed by atoms with van der Waals surface area (Å²) in [6, 6.07) is 16.9. The summed E-state index contributed by atoms with van der Waals surface area (Å²) in [7, 11) is 0. The van der Waals surface area contributed by atoms with Crippen LogP contribution in [0.1, 0.15) is 44.2 Å². The number of hydrogen-bond acceptors (Lipinski definition) is 2. The van der Waals surface area contributed by atoms with Gasteiger partial charge in [0.1, 0.15) is 0 Å². The van der Waals surface area contributed by atoms with E-state index in [-0.39, 0.29) is 0 Å². The van der Waals surface area contributed by atoms with Gasteiger partial charge < -0.3 is 4.90 Å². The van der Waals surface area contributed by atoms with E-state index in [1.807, 2.05) is 0 Å². The molecule has 2 fully saturated rings. The third-order valence-corrected chi connectivity index (χ3v) is 5.98.